The monoisotopic (exact) mass is 346 g/mol. The average molecular weight is 347 g/mol. The molecule has 0 N–H and O–H groups in total. The van der Waals surface area contributed by atoms with Gasteiger partial charge in [-0.1, -0.05) is 71.9 Å². The van der Waals surface area contributed by atoms with E-state index in [1.807, 2.05) is 0 Å². The van der Waals surface area contributed by atoms with Crippen LogP contribution < -0.4 is 0 Å². The van der Waals surface area contributed by atoms with Crippen LogP contribution in [0.3, 0.4) is 0 Å². The lowest BCUT2D eigenvalue weighted by molar-refractivity contribution is -0.0240. The van der Waals surface area contributed by atoms with E-state index in [-0.39, 0.29) is 21.8 Å². The zero-order chi connectivity index (χ0) is 18.0. The Morgan fingerprint density at radius 2 is 1.50 bits per heavy atom. The second-order valence-corrected chi connectivity index (χ2v) is 15.6. The van der Waals surface area contributed by atoms with E-state index in [2.05, 4.69) is 85.7 Å². The van der Waals surface area contributed by atoms with Crippen molar-refractivity contribution in [3.05, 3.63) is 35.9 Å². The topological polar surface area (TPSA) is 18.5 Å². The van der Waals surface area contributed by atoms with E-state index in [4.69, 9.17) is 9.16 Å². The Morgan fingerprint density at radius 3 is 2.00 bits per heavy atom. The first-order valence-corrected chi connectivity index (χ1v) is 11.3. The Morgan fingerprint density at radius 1 is 0.958 bits per heavy atom. The van der Waals surface area contributed by atoms with Crippen LogP contribution in [0.5, 0.6) is 0 Å². The third-order valence-electron chi connectivity index (χ3n) is 6.29. The summed E-state index contributed by atoms with van der Waals surface area (Å²) >= 11 is 0. The molecule has 0 aliphatic carbocycles. The Bertz CT molecular complexity index is 581. The molecule has 24 heavy (non-hydrogen) atoms. The van der Waals surface area contributed by atoms with E-state index in [0.717, 1.165) is 6.61 Å². The van der Waals surface area contributed by atoms with Gasteiger partial charge in [-0.25, -0.2) is 0 Å². The summed E-state index contributed by atoms with van der Waals surface area (Å²) in [6.07, 6.45) is 0.202. The van der Waals surface area contributed by atoms with Gasteiger partial charge in [-0.2, -0.15) is 0 Å². The summed E-state index contributed by atoms with van der Waals surface area (Å²) in [6, 6.07) is 11.1. The van der Waals surface area contributed by atoms with E-state index in [1.54, 1.807) is 0 Å². The lowest BCUT2D eigenvalue weighted by Gasteiger charge is -2.52. The van der Waals surface area contributed by atoms with Gasteiger partial charge < -0.3 is 9.16 Å². The summed E-state index contributed by atoms with van der Waals surface area (Å²) in [5.74, 6) is 0.465. The third kappa shape index (κ3) is 2.43. The molecule has 0 aromatic heterocycles. The number of fused-ring (bicyclic) bond motifs is 1. The number of benzene rings is 1. The number of hydrogen-bond acceptors (Lipinski definition) is 2. The van der Waals surface area contributed by atoms with Gasteiger partial charge in [0.2, 0.25) is 8.32 Å². The van der Waals surface area contributed by atoms with Gasteiger partial charge in [0.15, 0.2) is 0 Å². The van der Waals surface area contributed by atoms with Gasteiger partial charge >= 0.3 is 0 Å². The molecule has 0 unspecified atom stereocenters. The maximum Gasteiger partial charge on any atom is 0.211 e. The minimum Gasteiger partial charge on any atom is -0.409 e. The molecule has 1 aromatic carbocycles. The highest BCUT2D eigenvalue weighted by Gasteiger charge is 2.71. The van der Waals surface area contributed by atoms with E-state index in [1.165, 1.54) is 5.56 Å². The lowest BCUT2D eigenvalue weighted by atomic mass is 9.88. The van der Waals surface area contributed by atoms with Gasteiger partial charge in [0, 0.05) is 11.5 Å². The number of ether oxygens (including phenoxy) is 1. The van der Waals surface area contributed by atoms with Crippen molar-refractivity contribution in [1.29, 1.82) is 0 Å². The van der Waals surface area contributed by atoms with Gasteiger partial charge in [0.25, 0.3) is 0 Å². The molecule has 0 saturated carbocycles. The molecule has 3 rings (SSSR count). The van der Waals surface area contributed by atoms with Gasteiger partial charge in [-0.15, -0.1) is 0 Å². The number of rotatable bonds is 1. The van der Waals surface area contributed by atoms with Crippen LogP contribution in [0.4, 0.5) is 0 Å². The summed E-state index contributed by atoms with van der Waals surface area (Å²) < 4.78 is 13.4. The van der Waals surface area contributed by atoms with Gasteiger partial charge in [-0.05, 0) is 29.5 Å². The quantitative estimate of drug-likeness (QED) is 0.609. The highest BCUT2D eigenvalue weighted by atomic mass is 28.4. The normalized spacial score (nSPS) is 31.9. The molecule has 0 amide bonds. The van der Waals surface area contributed by atoms with Crippen LogP contribution in [0.25, 0.3) is 0 Å². The first kappa shape index (κ1) is 18.2. The Balaban J connectivity index is 2.23. The smallest absolute Gasteiger partial charge is 0.211 e. The first-order chi connectivity index (χ1) is 10.9. The highest BCUT2D eigenvalue weighted by molar-refractivity contribution is 6.81. The fraction of sp³-hybridized carbons (Fsp3) is 0.714. The van der Waals surface area contributed by atoms with Crippen molar-refractivity contribution in [3.63, 3.8) is 0 Å². The predicted octanol–water partition coefficient (Wildman–Crippen LogP) is 5.68. The van der Waals surface area contributed by atoms with Crippen molar-refractivity contribution in [2.24, 2.45) is 5.92 Å². The van der Waals surface area contributed by atoms with E-state index in [0.29, 0.717) is 11.5 Å². The Labute approximate surface area is 149 Å². The second kappa shape index (κ2) is 5.42. The molecule has 0 radical (unpaired) electrons. The SMILES string of the molecule is CC1(C)OC[C@H]2[C@@H]1O[Si](C(C)(C)C)(C(C)(C)C)[C@H]2c1ccccc1. The predicted molar refractivity (Wildman–Crippen MR) is 103 cm³/mol. The van der Waals surface area contributed by atoms with Gasteiger partial charge in [0.05, 0.1) is 18.3 Å². The van der Waals surface area contributed by atoms with Crippen molar-refractivity contribution in [2.45, 2.75) is 82.7 Å². The molecule has 2 saturated heterocycles. The maximum absolute atomic E-state index is 7.20. The lowest BCUT2D eigenvalue weighted by Crippen LogP contribution is -2.58. The molecule has 2 heterocycles. The molecule has 3 atom stereocenters. The van der Waals surface area contributed by atoms with Crippen molar-refractivity contribution < 1.29 is 9.16 Å². The van der Waals surface area contributed by atoms with Gasteiger partial charge in [-0.3, -0.25) is 0 Å². The van der Waals surface area contributed by atoms with Crippen LogP contribution in [-0.4, -0.2) is 26.6 Å². The first-order valence-electron chi connectivity index (χ1n) is 9.28. The molecule has 2 aliphatic heterocycles. The van der Waals surface area contributed by atoms with Crippen LogP contribution in [-0.2, 0) is 9.16 Å². The van der Waals surface area contributed by atoms with Crippen molar-refractivity contribution in [3.8, 4) is 0 Å². The Kier molecular flexibility index (Phi) is 4.10. The van der Waals surface area contributed by atoms with Crippen molar-refractivity contribution >= 4 is 8.32 Å². The third-order valence-corrected chi connectivity index (χ3v) is 13.0. The van der Waals surface area contributed by atoms with Crippen LogP contribution in [0, 0.1) is 5.92 Å². The minimum absolute atomic E-state index is 0.159. The highest BCUT2D eigenvalue weighted by Crippen LogP contribution is 2.66. The van der Waals surface area contributed by atoms with Crippen LogP contribution in [0.1, 0.15) is 66.5 Å². The zero-order valence-corrected chi connectivity index (χ0v) is 17.6. The van der Waals surface area contributed by atoms with E-state index >= 15 is 0 Å². The minimum atomic E-state index is -2.17. The summed E-state index contributed by atoms with van der Waals surface area (Å²) in [4.78, 5) is 0. The Hall–Kier alpha value is -0.643. The zero-order valence-electron chi connectivity index (χ0n) is 16.6. The molecule has 134 valence electrons. The van der Waals surface area contributed by atoms with Gasteiger partial charge in [0.1, 0.15) is 0 Å². The molecular formula is C21H34O2Si. The van der Waals surface area contributed by atoms with Crippen LogP contribution >= 0.6 is 0 Å². The summed E-state index contributed by atoms with van der Waals surface area (Å²) in [7, 11) is -2.17. The summed E-state index contributed by atoms with van der Waals surface area (Å²) in [6.45, 7) is 19.6. The maximum atomic E-state index is 7.20. The van der Waals surface area contributed by atoms with E-state index in [9.17, 15) is 0 Å². The second-order valence-electron chi connectivity index (χ2n) is 10.2. The molecule has 3 heteroatoms. The fourth-order valence-electron chi connectivity index (χ4n) is 5.63. The molecule has 2 fully saturated rings. The largest absolute Gasteiger partial charge is 0.409 e. The molecule has 0 spiro atoms. The van der Waals surface area contributed by atoms with Crippen molar-refractivity contribution in [2.75, 3.05) is 6.61 Å². The summed E-state index contributed by atoms with van der Waals surface area (Å²) in [5.41, 5.74) is 1.73. The molecule has 2 aliphatic rings. The summed E-state index contributed by atoms with van der Waals surface area (Å²) in [5, 5.41) is 0.318. The van der Waals surface area contributed by atoms with E-state index < -0.39 is 8.32 Å². The molecule has 2 nitrogen and oxygen atoms in total. The molecule has 1 aromatic rings. The average Bonchev–Trinajstić information content (AvgIpc) is 2.95. The molecular weight excluding hydrogens is 312 g/mol. The standard InChI is InChI=1S/C21H34O2Si/c1-19(2,3)24(20(4,5)6)17(15-12-10-9-11-13-15)16-14-22-21(7,8)18(16)23-24/h9-13,16-18H,14H2,1-8H3/t16-,17+,18+/m1/s1. The van der Waals surface area contributed by atoms with Crippen LogP contribution in [0.15, 0.2) is 30.3 Å². The number of hydrogen-bond donors (Lipinski definition) is 0. The fourth-order valence-corrected chi connectivity index (χ4v) is 13.0. The molecule has 0 bridgehead atoms. The van der Waals surface area contributed by atoms with Crippen molar-refractivity contribution in [1.82, 2.24) is 0 Å². The van der Waals surface area contributed by atoms with Crippen LogP contribution in [0.2, 0.25) is 10.1 Å².